The number of hydrogen-bond donors (Lipinski definition) is 2. The van der Waals surface area contributed by atoms with Crippen LogP contribution in [0.15, 0.2) is 0 Å². The Morgan fingerprint density at radius 1 is 1.58 bits per heavy atom. The molecule has 0 saturated heterocycles. The molecule has 0 saturated carbocycles. The molecule has 0 radical (unpaired) electrons. The minimum atomic E-state index is -0.930. The lowest BCUT2D eigenvalue weighted by molar-refractivity contribution is -0.144. The van der Waals surface area contributed by atoms with E-state index in [4.69, 9.17) is 5.11 Å². The molecule has 0 aliphatic carbocycles. The highest BCUT2D eigenvalue weighted by Gasteiger charge is 2.33. The molecule has 4 nitrogen and oxygen atoms in total. The zero-order chi connectivity index (χ0) is 9.61. The summed E-state index contributed by atoms with van der Waals surface area (Å²) in [5.41, 5.74) is -0.930. The second-order valence-corrected chi connectivity index (χ2v) is 2.64. The van der Waals surface area contributed by atoms with Crippen LogP contribution in [0.4, 0.5) is 0 Å². The van der Waals surface area contributed by atoms with Gasteiger partial charge in [-0.15, -0.1) is 0 Å². The molecule has 0 spiro atoms. The summed E-state index contributed by atoms with van der Waals surface area (Å²) in [6.45, 7) is 3.57. The van der Waals surface area contributed by atoms with Crippen LogP contribution in [-0.2, 0) is 9.59 Å². The van der Waals surface area contributed by atoms with Crippen LogP contribution in [0, 0.1) is 0 Å². The fourth-order valence-electron chi connectivity index (χ4n) is 1.12. The van der Waals surface area contributed by atoms with Crippen LogP contribution < -0.4 is 5.23 Å². The molecular formula is C7H14BNO3. The van der Waals surface area contributed by atoms with Gasteiger partial charge in [-0.3, -0.25) is 4.79 Å². The lowest BCUT2D eigenvalue weighted by Crippen LogP contribution is -2.53. The van der Waals surface area contributed by atoms with Gasteiger partial charge in [0, 0.05) is 0 Å². The molecule has 0 amide bonds. The number of carbonyl (C=O) groups excluding carboxylic acids is 1. The molecule has 68 valence electrons. The number of aliphatic carboxylic acids is 1. The van der Waals surface area contributed by atoms with Gasteiger partial charge in [-0.1, -0.05) is 13.8 Å². The molecule has 0 aromatic heterocycles. The average Bonchev–Trinajstić information content (AvgIpc) is 2.07. The van der Waals surface area contributed by atoms with Gasteiger partial charge in [-0.2, -0.15) is 0 Å². The Hall–Kier alpha value is -0.835. The summed E-state index contributed by atoms with van der Waals surface area (Å²) in [5, 5.41) is 11.6. The molecule has 0 bridgehead atoms. The quantitative estimate of drug-likeness (QED) is 0.427. The number of carboxylic acids is 1. The zero-order valence-electron chi connectivity index (χ0n) is 7.46. The highest BCUT2D eigenvalue weighted by molar-refractivity contribution is 6.64. The third-order valence-electron chi connectivity index (χ3n) is 2.14. The maximum Gasteiger partial charge on any atom is 0.322 e. The predicted octanol–water partition coefficient (Wildman–Crippen LogP) is -0.239. The molecule has 0 fully saturated rings. The van der Waals surface area contributed by atoms with Crippen molar-refractivity contribution in [1.82, 2.24) is 5.23 Å². The first-order valence-corrected chi connectivity index (χ1v) is 4.05. The van der Waals surface area contributed by atoms with Crippen LogP contribution in [0.1, 0.15) is 26.7 Å². The van der Waals surface area contributed by atoms with Gasteiger partial charge in [0.2, 0.25) is 0 Å². The molecular weight excluding hydrogens is 157 g/mol. The van der Waals surface area contributed by atoms with Gasteiger partial charge in [-0.25, -0.2) is 0 Å². The van der Waals surface area contributed by atoms with E-state index in [2.05, 4.69) is 5.23 Å². The summed E-state index contributed by atoms with van der Waals surface area (Å²) >= 11 is 0. The Morgan fingerprint density at radius 2 is 2.08 bits per heavy atom. The SMILES string of the molecule is CCC(CC)(NBC=O)C(=O)O. The lowest BCUT2D eigenvalue weighted by atomic mass is 9.85. The second-order valence-electron chi connectivity index (χ2n) is 2.64. The number of carbonyl (C=O) groups is 2. The Labute approximate surface area is 72.6 Å². The molecule has 0 aliphatic rings. The molecule has 2 N–H and O–H groups in total. The van der Waals surface area contributed by atoms with Crippen molar-refractivity contribution in [3.63, 3.8) is 0 Å². The summed E-state index contributed by atoms with van der Waals surface area (Å²) in [6.07, 6.45) is 1.63. The van der Waals surface area contributed by atoms with Crippen molar-refractivity contribution < 1.29 is 14.7 Å². The van der Waals surface area contributed by atoms with E-state index in [0.29, 0.717) is 19.0 Å². The lowest BCUT2D eigenvalue weighted by Gasteiger charge is -2.27. The van der Waals surface area contributed by atoms with Crippen molar-refractivity contribution in [3.05, 3.63) is 0 Å². The van der Waals surface area contributed by atoms with E-state index in [1.807, 2.05) is 0 Å². The second kappa shape index (κ2) is 4.93. The van der Waals surface area contributed by atoms with E-state index in [1.54, 1.807) is 13.8 Å². The summed E-state index contributed by atoms with van der Waals surface area (Å²) in [7, 11) is 0.0913. The summed E-state index contributed by atoms with van der Waals surface area (Å²) < 4.78 is 0. The third-order valence-corrected chi connectivity index (χ3v) is 2.14. The molecule has 0 heterocycles. The molecule has 0 aromatic rings. The van der Waals surface area contributed by atoms with Crippen LogP contribution in [0.2, 0.25) is 0 Å². The molecule has 0 rings (SSSR count). The minimum absolute atomic E-state index is 0.0913. The van der Waals surface area contributed by atoms with E-state index >= 15 is 0 Å². The summed E-state index contributed by atoms with van der Waals surface area (Å²) in [6, 6.07) is 0. The highest BCUT2D eigenvalue weighted by Crippen LogP contribution is 2.14. The van der Waals surface area contributed by atoms with Gasteiger partial charge in [0.05, 0.1) is 6.19 Å². The van der Waals surface area contributed by atoms with Crippen molar-refractivity contribution in [2.45, 2.75) is 32.2 Å². The Morgan fingerprint density at radius 3 is 2.33 bits per heavy atom. The zero-order valence-corrected chi connectivity index (χ0v) is 7.46. The van der Waals surface area contributed by atoms with Crippen LogP contribution in [0.3, 0.4) is 0 Å². The minimum Gasteiger partial charge on any atom is -0.480 e. The Kier molecular flexibility index (Phi) is 4.58. The smallest absolute Gasteiger partial charge is 0.322 e. The van der Waals surface area contributed by atoms with Crippen molar-refractivity contribution in [1.29, 1.82) is 0 Å². The fourth-order valence-corrected chi connectivity index (χ4v) is 1.12. The van der Waals surface area contributed by atoms with Gasteiger partial charge in [0.1, 0.15) is 5.54 Å². The summed E-state index contributed by atoms with van der Waals surface area (Å²) in [5.74, 6) is -0.894. The molecule has 0 unspecified atom stereocenters. The van der Waals surface area contributed by atoms with E-state index in [0.717, 1.165) is 0 Å². The maximum absolute atomic E-state index is 10.8. The largest absolute Gasteiger partial charge is 0.480 e. The maximum atomic E-state index is 10.8. The molecule has 0 aliphatic heterocycles. The Balaban J connectivity index is 4.34. The van der Waals surface area contributed by atoms with E-state index in [1.165, 1.54) is 0 Å². The molecule has 5 heteroatoms. The van der Waals surface area contributed by atoms with Gasteiger partial charge in [-0.05, 0) is 12.8 Å². The first kappa shape index (κ1) is 11.2. The number of rotatable bonds is 6. The van der Waals surface area contributed by atoms with E-state index in [9.17, 15) is 9.59 Å². The standard InChI is InChI=1S/C7H14BNO3/c1-3-7(4-2,6(11)12)9-8-5-10/h5,8-9H,3-4H2,1-2H3,(H,11,12). The van der Waals surface area contributed by atoms with Gasteiger partial charge < -0.3 is 15.1 Å². The van der Waals surface area contributed by atoms with Gasteiger partial charge in [0.15, 0.2) is 0 Å². The average molecular weight is 171 g/mol. The monoisotopic (exact) mass is 171 g/mol. The van der Waals surface area contributed by atoms with Crippen LogP contribution in [-0.4, -0.2) is 30.2 Å². The fraction of sp³-hybridized carbons (Fsp3) is 0.714. The highest BCUT2D eigenvalue weighted by atomic mass is 16.4. The molecule has 0 aromatic carbocycles. The topological polar surface area (TPSA) is 66.4 Å². The van der Waals surface area contributed by atoms with Crippen molar-refractivity contribution >= 4 is 19.6 Å². The van der Waals surface area contributed by atoms with Gasteiger partial charge >= 0.3 is 5.97 Å². The van der Waals surface area contributed by atoms with Gasteiger partial charge in [0.25, 0.3) is 7.41 Å². The predicted molar refractivity (Wildman–Crippen MR) is 48.0 cm³/mol. The van der Waals surface area contributed by atoms with Crippen molar-refractivity contribution in [2.24, 2.45) is 0 Å². The third kappa shape index (κ3) is 2.34. The van der Waals surface area contributed by atoms with Crippen molar-refractivity contribution in [3.8, 4) is 0 Å². The Bertz CT molecular complexity index is 168. The first-order valence-electron chi connectivity index (χ1n) is 4.05. The van der Waals surface area contributed by atoms with Crippen molar-refractivity contribution in [2.75, 3.05) is 0 Å². The van der Waals surface area contributed by atoms with Crippen LogP contribution in [0.5, 0.6) is 0 Å². The van der Waals surface area contributed by atoms with E-state index < -0.39 is 11.5 Å². The number of carboxylic acid groups (broad SMARTS) is 1. The molecule has 12 heavy (non-hydrogen) atoms. The van der Waals surface area contributed by atoms with Crippen LogP contribution in [0.25, 0.3) is 0 Å². The first-order chi connectivity index (χ1) is 5.63. The molecule has 0 atom stereocenters. The number of nitrogens with one attached hydrogen (secondary N) is 1. The normalized spacial score (nSPS) is 10.8. The number of hydrogen-bond acceptors (Lipinski definition) is 3. The van der Waals surface area contributed by atoms with E-state index in [-0.39, 0.29) is 7.41 Å². The summed E-state index contributed by atoms with van der Waals surface area (Å²) in [4.78, 5) is 20.9. The van der Waals surface area contributed by atoms with Crippen LogP contribution >= 0.6 is 0 Å².